The van der Waals surface area contributed by atoms with Crippen molar-refractivity contribution in [2.45, 2.75) is 0 Å². The average molecular weight is 532 g/mol. The molecule has 0 atom stereocenters. The van der Waals surface area contributed by atoms with Crippen LogP contribution in [-0.2, 0) is 0 Å². The van der Waals surface area contributed by atoms with E-state index in [0.717, 1.165) is 28.4 Å². The number of anilines is 1. The molecule has 0 N–H and O–H groups in total. The van der Waals surface area contributed by atoms with Crippen LogP contribution >= 0.6 is 11.3 Å². The van der Waals surface area contributed by atoms with Gasteiger partial charge in [-0.2, -0.15) is 0 Å². The fraction of sp³-hybridized carbons (Fsp3) is 0.0278. The molecule has 5 aromatic carbocycles. The lowest BCUT2D eigenvalue weighted by Crippen LogP contribution is -2.35. The fourth-order valence-electron chi connectivity index (χ4n) is 5.88. The molecule has 0 aliphatic carbocycles. The first kappa shape index (κ1) is 23.0. The number of thiophene rings is 1. The molecule has 0 amide bonds. The van der Waals surface area contributed by atoms with Crippen LogP contribution in [0.4, 0.5) is 5.69 Å². The van der Waals surface area contributed by atoms with Gasteiger partial charge in [-0.25, -0.2) is 4.99 Å². The lowest BCUT2D eigenvalue weighted by molar-refractivity contribution is 1.09. The highest BCUT2D eigenvalue weighted by atomic mass is 32.1. The Bertz CT molecular complexity index is 2220. The highest BCUT2D eigenvalue weighted by Crippen LogP contribution is 2.40. The van der Waals surface area contributed by atoms with Crippen LogP contribution in [0.15, 0.2) is 145 Å². The number of benzene rings is 5. The number of allylic oxidation sites excluding steroid dienone is 3. The summed E-state index contributed by atoms with van der Waals surface area (Å²) >= 11 is 1.86. The van der Waals surface area contributed by atoms with Gasteiger partial charge in [0.2, 0.25) is 5.96 Å². The molecule has 3 nitrogen and oxygen atoms in total. The Morgan fingerprint density at radius 3 is 2.38 bits per heavy atom. The first-order valence-corrected chi connectivity index (χ1v) is 14.3. The molecule has 190 valence electrons. The first-order valence-electron chi connectivity index (χ1n) is 13.5. The van der Waals surface area contributed by atoms with E-state index in [2.05, 4.69) is 131 Å². The summed E-state index contributed by atoms with van der Waals surface area (Å²) in [5.74, 6) is 0.835. The second-order valence-electron chi connectivity index (χ2n) is 10.1. The predicted octanol–water partition coefficient (Wildman–Crippen LogP) is 9.67. The summed E-state index contributed by atoms with van der Waals surface area (Å²) in [6.45, 7) is 5.08. The molecule has 0 spiro atoms. The molecule has 0 bridgehead atoms. The topological polar surface area (TPSA) is 20.5 Å². The molecule has 4 heteroatoms. The summed E-state index contributed by atoms with van der Waals surface area (Å²) in [6.07, 6.45) is 8.24. The maximum absolute atomic E-state index is 5.22. The molecular formula is C36H25N3S. The Balaban J connectivity index is 1.46. The van der Waals surface area contributed by atoms with Crippen molar-refractivity contribution in [2.24, 2.45) is 4.99 Å². The Labute approximate surface area is 235 Å². The van der Waals surface area contributed by atoms with Gasteiger partial charge in [0, 0.05) is 42.3 Å². The molecule has 0 saturated heterocycles. The first-order chi connectivity index (χ1) is 19.8. The molecule has 0 saturated carbocycles. The van der Waals surface area contributed by atoms with E-state index in [1.807, 2.05) is 23.5 Å². The quantitative estimate of drug-likeness (QED) is 0.206. The van der Waals surface area contributed by atoms with Gasteiger partial charge in [-0.1, -0.05) is 91.5 Å². The largest absolute Gasteiger partial charge is 0.281 e. The van der Waals surface area contributed by atoms with Gasteiger partial charge >= 0.3 is 0 Å². The van der Waals surface area contributed by atoms with Gasteiger partial charge in [-0.05, 0) is 53.2 Å². The van der Waals surface area contributed by atoms with Crippen LogP contribution in [0, 0.1) is 0 Å². The zero-order chi connectivity index (χ0) is 26.6. The lowest BCUT2D eigenvalue weighted by atomic mass is 10.1. The summed E-state index contributed by atoms with van der Waals surface area (Å²) in [6, 6.07) is 37.1. The van der Waals surface area contributed by atoms with Crippen LogP contribution in [-0.4, -0.2) is 17.1 Å². The van der Waals surface area contributed by atoms with E-state index in [4.69, 9.17) is 4.99 Å². The highest BCUT2D eigenvalue weighted by molar-refractivity contribution is 7.25. The highest BCUT2D eigenvalue weighted by Gasteiger charge is 2.24. The number of hydrogen-bond acceptors (Lipinski definition) is 3. The minimum atomic E-state index is 0.564. The van der Waals surface area contributed by atoms with E-state index in [-0.39, 0.29) is 0 Å². The van der Waals surface area contributed by atoms with Crippen LogP contribution in [0.5, 0.6) is 0 Å². The van der Waals surface area contributed by atoms with Gasteiger partial charge in [-0.15, -0.1) is 11.3 Å². The monoisotopic (exact) mass is 531 g/mol. The van der Waals surface area contributed by atoms with E-state index in [0.29, 0.717) is 6.54 Å². The van der Waals surface area contributed by atoms with Crippen molar-refractivity contribution in [3.63, 3.8) is 0 Å². The molecule has 0 unspecified atom stereocenters. The summed E-state index contributed by atoms with van der Waals surface area (Å²) in [7, 11) is 0. The fourth-order valence-corrected chi connectivity index (χ4v) is 7.01. The molecule has 0 radical (unpaired) electrons. The number of aliphatic imine (C=N–C) groups is 1. The minimum Gasteiger partial charge on any atom is -0.281 e. The van der Waals surface area contributed by atoms with Crippen molar-refractivity contribution < 1.29 is 0 Å². The normalized spacial score (nSPS) is 17.2. The van der Waals surface area contributed by atoms with Gasteiger partial charge in [0.15, 0.2) is 0 Å². The van der Waals surface area contributed by atoms with Gasteiger partial charge in [-0.3, -0.25) is 9.47 Å². The number of nitrogens with zero attached hydrogens (tertiary/aromatic N) is 3. The van der Waals surface area contributed by atoms with Crippen LogP contribution in [0.3, 0.4) is 0 Å². The van der Waals surface area contributed by atoms with Crippen molar-refractivity contribution in [1.82, 2.24) is 4.57 Å². The van der Waals surface area contributed by atoms with Gasteiger partial charge in [0.1, 0.15) is 0 Å². The smallest absolute Gasteiger partial charge is 0.215 e. The van der Waals surface area contributed by atoms with E-state index < -0.39 is 0 Å². The number of fused-ring (bicyclic) bond motifs is 7. The molecule has 3 heterocycles. The van der Waals surface area contributed by atoms with E-state index in [1.54, 1.807) is 0 Å². The Morgan fingerprint density at radius 1 is 0.650 bits per heavy atom. The Hall–Kier alpha value is -4.93. The number of para-hydroxylation sites is 1. The van der Waals surface area contributed by atoms with E-state index in [9.17, 15) is 0 Å². The molecule has 40 heavy (non-hydrogen) atoms. The third-order valence-corrected chi connectivity index (χ3v) is 8.86. The number of rotatable bonds is 1. The molecular weight excluding hydrogens is 506 g/mol. The Morgan fingerprint density at radius 2 is 1.45 bits per heavy atom. The molecule has 1 aliphatic rings. The van der Waals surface area contributed by atoms with Gasteiger partial charge in [0.05, 0.1) is 17.6 Å². The summed E-state index contributed by atoms with van der Waals surface area (Å²) in [4.78, 5) is 7.42. The van der Waals surface area contributed by atoms with Crippen molar-refractivity contribution in [2.75, 3.05) is 11.4 Å². The zero-order valence-corrected chi connectivity index (χ0v) is 22.6. The van der Waals surface area contributed by atoms with Gasteiger partial charge < -0.3 is 0 Å². The molecule has 0 fully saturated rings. The molecule has 8 rings (SSSR count). The average Bonchev–Trinajstić information content (AvgIpc) is 3.53. The van der Waals surface area contributed by atoms with Crippen LogP contribution in [0.2, 0.25) is 0 Å². The molecule has 1 aliphatic heterocycles. The summed E-state index contributed by atoms with van der Waals surface area (Å²) < 4.78 is 4.93. The zero-order valence-electron chi connectivity index (χ0n) is 21.8. The standard InChI is InChI=1S/C36H25N3S/c1-24-11-3-2-10-20-37-36(38(24)27-19-18-25-12-4-5-13-26(25)21-27)39-32-16-8-6-14-28(32)30-23-35-31(22-33(30)39)29-15-7-9-17-34(29)40-35/h2-19,21-23H,1,20H2/b10-2-,11-3-,37-36+. The number of hydrogen-bond donors (Lipinski definition) is 0. The van der Waals surface area contributed by atoms with Crippen molar-refractivity contribution in [3.8, 4) is 0 Å². The Kier molecular flexibility index (Phi) is 5.22. The third kappa shape index (κ3) is 3.54. The van der Waals surface area contributed by atoms with Crippen LogP contribution in [0.25, 0.3) is 52.8 Å². The van der Waals surface area contributed by atoms with Crippen molar-refractivity contribution >= 4 is 75.7 Å². The van der Waals surface area contributed by atoms with Crippen LogP contribution < -0.4 is 4.90 Å². The van der Waals surface area contributed by atoms with Crippen LogP contribution in [0.1, 0.15) is 0 Å². The molecule has 7 aromatic rings. The van der Waals surface area contributed by atoms with Gasteiger partial charge in [0.25, 0.3) is 0 Å². The molecule has 2 aromatic heterocycles. The maximum Gasteiger partial charge on any atom is 0.215 e. The maximum atomic E-state index is 5.22. The summed E-state index contributed by atoms with van der Waals surface area (Å²) in [5.41, 5.74) is 4.15. The second kappa shape index (κ2) is 9.08. The lowest BCUT2D eigenvalue weighted by Gasteiger charge is -2.28. The van der Waals surface area contributed by atoms with E-state index >= 15 is 0 Å². The second-order valence-corrected chi connectivity index (χ2v) is 11.2. The van der Waals surface area contributed by atoms with Crippen molar-refractivity contribution in [3.05, 3.63) is 140 Å². The van der Waals surface area contributed by atoms with E-state index in [1.165, 1.54) is 41.7 Å². The van der Waals surface area contributed by atoms with Crippen molar-refractivity contribution in [1.29, 1.82) is 0 Å². The third-order valence-electron chi connectivity index (χ3n) is 7.72. The minimum absolute atomic E-state index is 0.564. The summed E-state index contributed by atoms with van der Waals surface area (Å²) in [5, 5.41) is 7.40. The predicted molar refractivity (Wildman–Crippen MR) is 174 cm³/mol. The number of aromatic nitrogens is 1. The SMILES string of the molecule is C=C1/C=C\C=C/C/N=C(/n2c3ccccc3c3cc4sc5ccccc5c4cc32)N1c1ccc2ccccc2c1.